The van der Waals surface area contributed by atoms with Gasteiger partial charge >= 0.3 is 0 Å². The zero-order valence-corrected chi connectivity index (χ0v) is 13.0. The van der Waals surface area contributed by atoms with Crippen LogP contribution in [0, 0.1) is 24.7 Å². The van der Waals surface area contributed by atoms with Gasteiger partial charge in [-0.25, -0.2) is 0 Å². The molecule has 1 aliphatic rings. The second-order valence-corrected chi connectivity index (χ2v) is 5.87. The van der Waals surface area contributed by atoms with E-state index in [9.17, 15) is 4.79 Å². The van der Waals surface area contributed by atoms with Gasteiger partial charge in [0.2, 0.25) is 0 Å². The predicted octanol–water partition coefficient (Wildman–Crippen LogP) is 2.60. The van der Waals surface area contributed by atoms with E-state index in [1.54, 1.807) is 0 Å². The van der Waals surface area contributed by atoms with Crippen molar-refractivity contribution in [2.45, 2.75) is 39.7 Å². The van der Waals surface area contributed by atoms with Crippen LogP contribution in [0.15, 0.2) is 18.2 Å². The summed E-state index contributed by atoms with van der Waals surface area (Å²) >= 11 is 0. The fraction of sp³-hybridized carbons (Fsp3) is 0.500. The maximum atomic E-state index is 12.8. The Kier molecular flexibility index (Phi) is 5.03. The summed E-state index contributed by atoms with van der Waals surface area (Å²) in [6, 6.07) is 5.96. The molecular weight excluding hydrogens is 262 g/mol. The molecule has 3 heteroatoms. The van der Waals surface area contributed by atoms with Crippen molar-refractivity contribution in [3.63, 3.8) is 0 Å². The first-order valence-corrected chi connectivity index (χ1v) is 7.56. The molecule has 2 rings (SSSR count). The van der Waals surface area contributed by atoms with E-state index < -0.39 is 0 Å². The normalized spacial score (nSPS) is 21.6. The number of benzene rings is 1. The molecule has 1 heterocycles. The Labute approximate surface area is 127 Å². The van der Waals surface area contributed by atoms with Gasteiger partial charge in [-0.1, -0.05) is 24.8 Å². The monoisotopic (exact) mass is 285 g/mol. The molecule has 1 fully saturated rings. The van der Waals surface area contributed by atoms with Crippen molar-refractivity contribution in [2.75, 3.05) is 13.2 Å². The molecular formula is C18H23NO2. The summed E-state index contributed by atoms with van der Waals surface area (Å²) in [5.74, 6) is 6.13. The summed E-state index contributed by atoms with van der Waals surface area (Å²) in [5, 5.41) is 8.88. The average Bonchev–Trinajstić information content (AvgIpc) is 2.47. The lowest BCUT2D eigenvalue weighted by molar-refractivity contribution is 0.0550. The molecule has 2 atom stereocenters. The van der Waals surface area contributed by atoms with E-state index in [0.717, 1.165) is 18.5 Å². The van der Waals surface area contributed by atoms with Crippen molar-refractivity contribution in [1.29, 1.82) is 0 Å². The highest BCUT2D eigenvalue weighted by molar-refractivity contribution is 5.97. The lowest BCUT2D eigenvalue weighted by atomic mass is 9.91. The van der Waals surface area contributed by atoms with Gasteiger partial charge in [0.25, 0.3) is 5.91 Å². The molecule has 2 unspecified atom stereocenters. The molecule has 1 N–H and O–H groups in total. The number of carbonyl (C=O) groups excluding carboxylic acids is 1. The van der Waals surface area contributed by atoms with Gasteiger partial charge in [0.15, 0.2) is 0 Å². The molecule has 0 radical (unpaired) electrons. The minimum atomic E-state index is -0.196. The second-order valence-electron chi connectivity index (χ2n) is 5.87. The molecule has 3 nitrogen and oxygen atoms in total. The summed E-state index contributed by atoms with van der Waals surface area (Å²) in [6.07, 6.45) is 2.23. The van der Waals surface area contributed by atoms with Gasteiger partial charge in [0, 0.05) is 18.2 Å². The quantitative estimate of drug-likeness (QED) is 0.806. The van der Waals surface area contributed by atoms with Crippen LogP contribution in [0.2, 0.25) is 0 Å². The minimum absolute atomic E-state index is 0.0521. The molecule has 1 saturated heterocycles. The van der Waals surface area contributed by atoms with E-state index in [2.05, 4.69) is 25.7 Å². The van der Waals surface area contributed by atoms with Crippen molar-refractivity contribution < 1.29 is 9.90 Å². The van der Waals surface area contributed by atoms with E-state index in [-0.39, 0.29) is 18.6 Å². The molecule has 1 amide bonds. The Morgan fingerprint density at radius 1 is 1.43 bits per heavy atom. The summed E-state index contributed by atoms with van der Waals surface area (Å²) < 4.78 is 0. The standard InChI is InChI=1S/C18H23NO2/c1-13-8-9-17(16(12-13)7-5-11-20)18(21)19-10-4-6-14(2)15(19)3/h8-9,12,14-15,20H,4,6,10-11H2,1-3H3. The highest BCUT2D eigenvalue weighted by atomic mass is 16.2. The van der Waals surface area contributed by atoms with Crippen LogP contribution in [-0.2, 0) is 0 Å². The Morgan fingerprint density at radius 3 is 2.90 bits per heavy atom. The SMILES string of the molecule is Cc1ccc(C(=O)N2CCCC(C)C2C)c(C#CCO)c1. The maximum absolute atomic E-state index is 12.8. The molecule has 1 aliphatic heterocycles. The molecule has 1 aromatic carbocycles. The van der Waals surface area contributed by atoms with E-state index in [1.807, 2.05) is 30.0 Å². The number of aliphatic hydroxyl groups is 1. The highest BCUT2D eigenvalue weighted by Gasteiger charge is 2.29. The van der Waals surface area contributed by atoms with Crippen molar-refractivity contribution in [1.82, 2.24) is 4.90 Å². The van der Waals surface area contributed by atoms with Crippen LogP contribution in [0.4, 0.5) is 0 Å². The van der Waals surface area contributed by atoms with Crippen LogP contribution < -0.4 is 0 Å². The van der Waals surface area contributed by atoms with Gasteiger partial charge in [0.1, 0.15) is 6.61 Å². The predicted molar refractivity (Wildman–Crippen MR) is 84.0 cm³/mol. The number of hydrogen-bond acceptors (Lipinski definition) is 2. The van der Waals surface area contributed by atoms with Crippen LogP contribution in [-0.4, -0.2) is 35.1 Å². The summed E-state index contributed by atoms with van der Waals surface area (Å²) in [5.41, 5.74) is 2.41. The first kappa shape index (κ1) is 15.6. The number of carbonyl (C=O) groups is 1. The summed E-state index contributed by atoms with van der Waals surface area (Å²) in [4.78, 5) is 14.8. The van der Waals surface area contributed by atoms with Gasteiger partial charge in [-0.3, -0.25) is 4.79 Å². The van der Waals surface area contributed by atoms with Crippen LogP contribution >= 0.6 is 0 Å². The number of rotatable bonds is 1. The van der Waals surface area contributed by atoms with Gasteiger partial charge in [-0.2, -0.15) is 0 Å². The topological polar surface area (TPSA) is 40.5 Å². The summed E-state index contributed by atoms with van der Waals surface area (Å²) in [7, 11) is 0. The second kappa shape index (κ2) is 6.78. The zero-order valence-electron chi connectivity index (χ0n) is 13.0. The van der Waals surface area contributed by atoms with Gasteiger partial charge in [-0.15, -0.1) is 0 Å². The van der Waals surface area contributed by atoms with E-state index in [0.29, 0.717) is 17.0 Å². The van der Waals surface area contributed by atoms with Gasteiger partial charge in [-0.05, 0) is 50.3 Å². The molecule has 1 aromatic rings. The molecule has 0 spiro atoms. The van der Waals surface area contributed by atoms with Crippen molar-refractivity contribution in [3.05, 3.63) is 34.9 Å². The fourth-order valence-corrected chi connectivity index (χ4v) is 2.86. The van der Waals surface area contributed by atoms with Crippen molar-refractivity contribution >= 4 is 5.91 Å². The Morgan fingerprint density at radius 2 is 2.19 bits per heavy atom. The third kappa shape index (κ3) is 3.46. The summed E-state index contributed by atoms with van der Waals surface area (Å²) in [6.45, 7) is 6.91. The van der Waals surface area contributed by atoms with Crippen LogP contribution in [0.5, 0.6) is 0 Å². The Hall–Kier alpha value is -1.79. The van der Waals surface area contributed by atoms with Crippen molar-refractivity contribution in [2.24, 2.45) is 5.92 Å². The molecule has 21 heavy (non-hydrogen) atoms. The molecule has 0 bridgehead atoms. The highest BCUT2D eigenvalue weighted by Crippen LogP contribution is 2.25. The largest absolute Gasteiger partial charge is 0.384 e. The van der Waals surface area contributed by atoms with E-state index in [4.69, 9.17) is 5.11 Å². The number of aliphatic hydroxyl groups excluding tert-OH is 1. The minimum Gasteiger partial charge on any atom is -0.384 e. The lowest BCUT2D eigenvalue weighted by Crippen LogP contribution is -2.46. The third-order valence-corrected chi connectivity index (χ3v) is 4.34. The van der Waals surface area contributed by atoms with Crippen LogP contribution in [0.1, 0.15) is 48.2 Å². The van der Waals surface area contributed by atoms with E-state index in [1.165, 1.54) is 6.42 Å². The molecule has 112 valence electrons. The van der Waals surface area contributed by atoms with Crippen molar-refractivity contribution in [3.8, 4) is 11.8 Å². The lowest BCUT2D eigenvalue weighted by Gasteiger charge is -2.38. The molecule has 0 aliphatic carbocycles. The number of likely N-dealkylation sites (tertiary alicyclic amines) is 1. The van der Waals surface area contributed by atoms with Gasteiger partial charge in [0.05, 0.1) is 5.56 Å². The first-order chi connectivity index (χ1) is 10.0. The number of hydrogen-bond donors (Lipinski definition) is 1. The first-order valence-electron chi connectivity index (χ1n) is 7.56. The third-order valence-electron chi connectivity index (χ3n) is 4.34. The smallest absolute Gasteiger partial charge is 0.255 e. The van der Waals surface area contributed by atoms with Crippen LogP contribution in [0.25, 0.3) is 0 Å². The molecule has 0 aromatic heterocycles. The Bertz CT molecular complexity index is 583. The maximum Gasteiger partial charge on any atom is 0.255 e. The van der Waals surface area contributed by atoms with E-state index >= 15 is 0 Å². The Balaban J connectivity index is 2.34. The average molecular weight is 285 g/mol. The number of amides is 1. The van der Waals surface area contributed by atoms with Crippen LogP contribution in [0.3, 0.4) is 0 Å². The number of aryl methyl sites for hydroxylation is 1. The number of piperidine rings is 1. The fourth-order valence-electron chi connectivity index (χ4n) is 2.86. The zero-order chi connectivity index (χ0) is 15.4. The van der Waals surface area contributed by atoms with Gasteiger partial charge < -0.3 is 10.0 Å². The molecule has 0 saturated carbocycles. The number of nitrogens with zero attached hydrogens (tertiary/aromatic N) is 1.